The zero-order valence-corrected chi connectivity index (χ0v) is 7.70. The number of thioether (sulfide) groups is 1. The molecule has 3 heteroatoms. The molecule has 0 aromatic carbocycles. The third kappa shape index (κ3) is 1.08. The Balaban J connectivity index is 2.52. The van der Waals surface area contributed by atoms with Gasteiger partial charge in [0.2, 0.25) is 0 Å². The first-order valence-electron chi connectivity index (χ1n) is 3.13. The molecule has 52 valence electrons. The maximum absolute atomic E-state index is 4.27. The molecule has 2 heterocycles. The first-order chi connectivity index (χ1) is 4.86. The number of hydrogen-bond acceptors (Lipinski definition) is 2. The van der Waals surface area contributed by atoms with E-state index in [2.05, 4.69) is 27.0 Å². The zero-order chi connectivity index (χ0) is 6.97. The van der Waals surface area contributed by atoms with Crippen LogP contribution in [-0.4, -0.2) is 10.7 Å². The Hall–Kier alpha value is -0.0200. The van der Waals surface area contributed by atoms with Crippen molar-refractivity contribution in [1.82, 2.24) is 4.98 Å². The van der Waals surface area contributed by atoms with E-state index in [1.165, 1.54) is 22.8 Å². The molecule has 1 aliphatic heterocycles. The van der Waals surface area contributed by atoms with Gasteiger partial charge in [-0.2, -0.15) is 0 Å². The summed E-state index contributed by atoms with van der Waals surface area (Å²) in [4.78, 5) is 4.27. The van der Waals surface area contributed by atoms with Crippen molar-refractivity contribution in [1.29, 1.82) is 0 Å². The Morgan fingerprint density at radius 2 is 2.50 bits per heavy atom. The lowest BCUT2D eigenvalue weighted by molar-refractivity contribution is 1.04. The van der Waals surface area contributed by atoms with Crippen LogP contribution in [0.4, 0.5) is 0 Å². The summed E-state index contributed by atoms with van der Waals surface area (Å²) >= 11 is 5.24. The van der Waals surface area contributed by atoms with Crippen LogP contribution in [0.1, 0.15) is 5.56 Å². The van der Waals surface area contributed by atoms with Crippen molar-refractivity contribution < 1.29 is 0 Å². The summed E-state index contributed by atoms with van der Waals surface area (Å²) in [5.41, 5.74) is 1.39. The Kier molecular flexibility index (Phi) is 1.70. The van der Waals surface area contributed by atoms with E-state index in [4.69, 9.17) is 0 Å². The predicted octanol–water partition coefficient (Wildman–Crippen LogP) is 2.49. The molecule has 0 fully saturated rings. The number of hydrogen-bond donors (Lipinski definition) is 0. The van der Waals surface area contributed by atoms with E-state index in [0.717, 1.165) is 4.47 Å². The van der Waals surface area contributed by atoms with Crippen molar-refractivity contribution in [2.75, 3.05) is 5.75 Å². The first-order valence-corrected chi connectivity index (χ1v) is 4.91. The molecular weight excluding hydrogens is 210 g/mol. The van der Waals surface area contributed by atoms with Crippen molar-refractivity contribution in [3.05, 3.63) is 22.3 Å². The van der Waals surface area contributed by atoms with Crippen LogP contribution in [0.5, 0.6) is 0 Å². The predicted molar refractivity (Wildman–Crippen MR) is 46.4 cm³/mol. The average molecular weight is 216 g/mol. The van der Waals surface area contributed by atoms with E-state index in [9.17, 15) is 0 Å². The van der Waals surface area contributed by atoms with Gasteiger partial charge < -0.3 is 0 Å². The summed E-state index contributed by atoms with van der Waals surface area (Å²) in [6.07, 6.45) is 3.03. The molecule has 0 unspecified atom stereocenters. The van der Waals surface area contributed by atoms with Gasteiger partial charge in [-0.1, -0.05) is 0 Å². The topological polar surface area (TPSA) is 12.9 Å². The van der Waals surface area contributed by atoms with Crippen LogP contribution in [0.25, 0.3) is 0 Å². The minimum atomic E-state index is 1.09. The van der Waals surface area contributed by atoms with Crippen LogP contribution in [0, 0.1) is 0 Å². The minimum Gasteiger partial charge on any atom is -0.248 e. The van der Waals surface area contributed by atoms with Crippen LogP contribution >= 0.6 is 27.7 Å². The molecule has 2 rings (SSSR count). The highest BCUT2D eigenvalue weighted by molar-refractivity contribution is 9.10. The number of pyridine rings is 1. The number of nitrogens with zero attached hydrogens (tertiary/aromatic N) is 1. The van der Waals surface area contributed by atoms with Gasteiger partial charge in [0.05, 0.1) is 5.03 Å². The smallest absolute Gasteiger partial charge is 0.0993 e. The van der Waals surface area contributed by atoms with E-state index in [1.54, 1.807) is 0 Å². The third-order valence-electron chi connectivity index (χ3n) is 1.50. The van der Waals surface area contributed by atoms with Crippen LogP contribution in [0.15, 0.2) is 21.8 Å². The highest BCUT2D eigenvalue weighted by Gasteiger charge is 2.11. The number of aryl methyl sites for hydroxylation is 1. The lowest BCUT2D eigenvalue weighted by Crippen LogP contribution is -1.82. The molecule has 0 bridgehead atoms. The van der Waals surface area contributed by atoms with Gasteiger partial charge in [-0.3, -0.25) is 0 Å². The Morgan fingerprint density at radius 3 is 3.40 bits per heavy atom. The number of rotatable bonds is 0. The maximum atomic E-state index is 4.27. The second-order valence-corrected chi connectivity index (χ2v) is 4.22. The molecule has 1 aromatic heterocycles. The van der Waals surface area contributed by atoms with Gasteiger partial charge in [0.15, 0.2) is 0 Å². The molecule has 0 radical (unpaired) electrons. The fourth-order valence-electron chi connectivity index (χ4n) is 1.04. The molecular formula is C7H6BrNS. The molecule has 1 aromatic rings. The summed E-state index contributed by atoms with van der Waals surface area (Å²) in [6.45, 7) is 0. The fourth-order valence-corrected chi connectivity index (χ4v) is 2.40. The van der Waals surface area contributed by atoms with Gasteiger partial charge in [0.25, 0.3) is 0 Å². The van der Waals surface area contributed by atoms with Crippen molar-refractivity contribution >= 4 is 27.7 Å². The van der Waals surface area contributed by atoms with E-state index >= 15 is 0 Å². The van der Waals surface area contributed by atoms with E-state index in [-0.39, 0.29) is 0 Å². The molecule has 0 atom stereocenters. The summed E-state index contributed by atoms with van der Waals surface area (Å²) in [7, 11) is 0. The average Bonchev–Trinajstić information content (AvgIpc) is 2.33. The zero-order valence-electron chi connectivity index (χ0n) is 5.30. The van der Waals surface area contributed by atoms with E-state index < -0.39 is 0 Å². The van der Waals surface area contributed by atoms with Crippen molar-refractivity contribution in [3.8, 4) is 0 Å². The molecule has 0 amide bonds. The van der Waals surface area contributed by atoms with Crippen LogP contribution in [0.3, 0.4) is 0 Å². The third-order valence-corrected chi connectivity index (χ3v) is 2.99. The summed E-state index contributed by atoms with van der Waals surface area (Å²) < 4.78 is 1.09. The molecule has 0 saturated heterocycles. The van der Waals surface area contributed by atoms with Crippen LogP contribution in [-0.2, 0) is 6.42 Å². The lowest BCUT2D eigenvalue weighted by Gasteiger charge is -1.94. The van der Waals surface area contributed by atoms with Gasteiger partial charge in [-0.25, -0.2) is 4.98 Å². The largest absolute Gasteiger partial charge is 0.248 e. The Labute approximate surface area is 72.4 Å². The normalized spacial score (nSPS) is 15.3. The SMILES string of the molecule is Brc1cnc2c(c1)CCS2. The van der Waals surface area contributed by atoms with Crippen molar-refractivity contribution in [2.45, 2.75) is 11.4 Å². The lowest BCUT2D eigenvalue weighted by atomic mass is 10.2. The van der Waals surface area contributed by atoms with E-state index in [1.807, 2.05) is 18.0 Å². The minimum absolute atomic E-state index is 1.09. The van der Waals surface area contributed by atoms with Gasteiger partial charge in [0, 0.05) is 16.4 Å². The van der Waals surface area contributed by atoms with Gasteiger partial charge in [-0.15, -0.1) is 11.8 Å². The van der Waals surface area contributed by atoms with Gasteiger partial charge in [0.1, 0.15) is 0 Å². The second kappa shape index (κ2) is 2.55. The number of aromatic nitrogens is 1. The molecule has 0 aliphatic carbocycles. The van der Waals surface area contributed by atoms with Crippen molar-refractivity contribution in [2.24, 2.45) is 0 Å². The molecule has 10 heavy (non-hydrogen) atoms. The van der Waals surface area contributed by atoms with Crippen LogP contribution < -0.4 is 0 Å². The first kappa shape index (κ1) is 6.68. The molecule has 0 spiro atoms. The number of halogens is 1. The number of fused-ring (bicyclic) bond motifs is 1. The highest BCUT2D eigenvalue weighted by atomic mass is 79.9. The summed E-state index contributed by atoms with van der Waals surface area (Å²) in [5, 5.41) is 1.21. The summed E-state index contributed by atoms with van der Waals surface area (Å²) in [6, 6.07) is 2.16. The van der Waals surface area contributed by atoms with Gasteiger partial charge in [-0.05, 0) is 34.0 Å². The summed E-state index contributed by atoms with van der Waals surface area (Å²) in [5.74, 6) is 1.19. The fraction of sp³-hybridized carbons (Fsp3) is 0.286. The van der Waals surface area contributed by atoms with Crippen molar-refractivity contribution in [3.63, 3.8) is 0 Å². The second-order valence-electron chi connectivity index (χ2n) is 2.22. The molecule has 0 N–H and O–H groups in total. The maximum Gasteiger partial charge on any atom is 0.0993 e. The van der Waals surface area contributed by atoms with E-state index in [0.29, 0.717) is 0 Å². The monoisotopic (exact) mass is 215 g/mol. The standard InChI is InChI=1S/C7H6BrNS/c8-6-3-5-1-2-10-7(5)9-4-6/h3-4H,1-2H2. The quantitative estimate of drug-likeness (QED) is 0.660. The van der Waals surface area contributed by atoms with Crippen LogP contribution in [0.2, 0.25) is 0 Å². The Morgan fingerprint density at radius 1 is 1.60 bits per heavy atom. The molecule has 1 nitrogen and oxygen atoms in total. The highest BCUT2D eigenvalue weighted by Crippen LogP contribution is 2.30. The molecule has 0 saturated carbocycles. The van der Waals surface area contributed by atoms with Gasteiger partial charge >= 0.3 is 0 Å². The molecule has 1 aliphatic rings. The Bertz CT molecular complexity index is 262.